The molecule has 8 bridgehead atoms. The van der Waals surface area contributed by atoms with Gasteiger partial charge >= 0.3 is 0 Å². The van der Waals surface area contributed by atoms with Crippen molar-refractivity contribution in [2.75, 3.05) is 0 Å². The molecule has 194 valence electrons. The van der Waals surface area contributed by atoms with Gasteiger partial charge in [0.2, 0.25) is 0 Å². The van der Waals surface area contributed by atoms with E-state index in [2.05, 4.69) is 97.1 Å². The minimum atomic E-state index is 0.744. The van der Waals surface area contributed by atoms with Crippen molar-refractivity contribution in [2.45, 2.75) is 0 Å². The SMILES string of the molecule is Clc1cccc(-c2c3ccc(ccc4ccc(s4)c(-c4cccc(Cl)c4)c4ccc(ccc5ccc2s5)s4)s3)c1. The van der Waals surface area contributed by atoms with Crippen molar-refractivity contribution in [3.8, 4) is 22.3 Å². The molecule has 0 unspecified atom stereocenters. The van der Waals surface area contributed by atoms with Gasteiger partial charge in [-0.1, -0.05) is 47.5 Å². The van der Waals surface area contributed by atoms with Crippen LogP contribution in [0.3, 0.4) is 0 Å². The molecule has 0 amide bonds. The first-order valence-electron chi connectivity index (χ1n) is 12.6. The van der Waals surface area contributed by atoms with Crippen molar-refractivity contribution in [2.24, 2.45) is 0 Å². The van der Waals surface area contributed by atoms with Gasteiger partial charge in [-0.15, -0.1) is 45.3 Å². The Morgan fingerprint density at radius 1 is 0.350 bits per heavy atom. The summed E-state index contributed by atoms with van der Waals surface area (Å²) < 4.78 is 9.76. The second-order valence-corrected chi connectivity index (χ2v) is 14.6. The standard InChI is InChI=1S/C34H20Cl2S4/c35-23-5-1-3-21(19-23)33-29-15-11-25(37-29)7-9-27-13-17-31(39-27)34(22-4-2-6-24(36)20-22)32-18-14-28(40-32)10-8-26-12-16-30(33)38-26/h1-20H. The van der Waals surface area contributed by atoms with Crippen LogP contribution in [0.1, 0.15) is 0 Å². The maximum Gasteiger partial charge on any atom is 0.0412 e. The van der Waals surface area contributed by atoms with Gasteiger partial charge in [0, 0.05) is 58.8 Å². The number of hydrogen-bond donors (Lipinski definition) is 0. The molecule has 0 spiro atoms. The highest BCUT2D eigenvalue weighted by atomic mass is 35.5. The van der Waals surface area contributed by atoms with Crippen molar-refractivity contribution < 1.29 is 0 Å². The summed E-state index contributed by atoms with van der Waals surface area (Å²) in [4.78, 5) is 0. The number of benzene rings is 2. The van der Waals surface area contributed by atoms with E-state index in [9.17, 15) is 0 Å². The Morgan fingerprint density at radius 2 is 0.650 bits per heavy atom. The molecule has 5 heterocycles. The minimum Gasteiger partial charge on any atom is -0.136 e. The number of hydrogen-bond acceptors (Lipinski definition) is 4. The molecule has 6 heteroatoms. The molecule has 0 N–H and O–H groups in total. The second-order valence-electron chi connectivity index (χ2n) is 9.25. The number of fused-ring (bicyclic) bond motifs is 8. The molecule has 0 aliphatic heterocycles. The van der Waals surface area contributed by atoms with Crippen LogP contribution in [0.4, 0.5) is 0 Å². The van der Waals surface area contributed by atoms with Gasteiger partial charge in [-0.25, -0.2) is 0 Å². The Hall–Kier alpha value is -2.96. The lowest BCUT2D eigenvalue weighted by molar-refractivity contribution is 1.70. The third kappa shape index (κ3) is 5.36. The predicted octanol–water partition coefficient (Wildman–Crippen LogP) is 13.4. The Kier molecular flexibility index (Phi) is 7.23. The van der Waals surface area contributed by atoms with E-state index in [4.69, 9.17) is 23.2 Å². The average molecular weight is 628 g/mol. The topological polar surface area (TPSA) is 0 Å². The molecule has 0 aliphatic carbocycles. The molecule has 7 aromatic rings. The lowest BCUT2D eigenvalue weighted by Crippen LogP contribution is -1.75. The van der Waals surface area contributed by atoms with Gasteiger partial charge in [0.1, 0.15) is 0 Å². The van der Waals surface area contributed by atoms with E-state index in [1.807, 2.05) is 24.3 Å². The van der Waals surface area contributed by atoms with E-state index in [0.29, 0.717) is 0 Å². The summed E-state index contributed by atoms with van der Waals surface area (Å²) in [5.74, 6) is 0. The van der Waals surface area contributed by atoms with E-state index >= 15 is 0 Å². The Balaban J connectivity index is 1.55. The lowest BCUT2D eigenvalue weighted by Gasteiger charge is -2.02. The number of thiophene rings is 4. The fourth-order valence-electron chi connectivity index (χ4n) is 4.74. The van der Waals surface area contributed by atoms with Crippen molar-refractivity contribution in [1.82, 2.24) is 0 Å². The third-order valence-electron chi connectivity index (χ3n) is 6.54. The monoisotopic (exact) mass is 626 g/mol. The van der Waals surface area contributed by atoms with Gasteiger partial charge in [0.15, 0.2) is 0 Å². The van der Waals surface area contributed by atoms with Crippen LogP contribution in [-0.4, -0.2) is 0 Å². The molecule has 0 saturated heterocycles. The molecule has 2 aromatic carbocycles. The van der Waals surface area contributed by atoms with Crippen LogP contribution in [0.5, 0.6) is 0 Å². The molecule has 7 rings (SSSR count). The third-order valence-corrected chi connectivity index (χ3v) is 11.3. The zero-order valence-electron chi connectivity index (χ0n) is 20.9. The van der Waals surface area contributed by atoms with E-state index < -0.39 is 0 Å². The van der Waals surface area contributed by atoms with Gasteiger partial charge in [0.05, 0.1) is 0 Å². The van der Waals surface area contributed by atoms with Crippen LogP contribution in [0.15, 0.2) is 121 Å². The van der Waals surface area contributed by atoms with Crippen molar-refractivity contribution >= 4 is 106 Å². The Labute approximate surface area is 258 Å². The smallest absolute Gasteiger partial charge is 0.0412 e. The lowest BCUT2D eigenvalue weighted by atomic mass is 10.1. The first-order chi connectivity index (χ1) is 19.6. The summed E-state index contributed by atoms with van der Waals surface area (Å²) in [7, 11) is 0. The van der Waals surface area contributed by atoms with Gasteiger partial charge in [-0.2, -0.15) is 0 Å². The molecule has 40 heavy (non-hydrogen) atoms. The van der Waals surface area contributed by atoms with E-state index in [-0.39, 0.29) is 0 Å². The van der Waals surface area contributed by atoms with E-state index in [0.717, 1.165) is 21.2 Å². The first-order valence-corrected chi connectivity index (χ1v) is 16.6. The summed E-state index contributed by atoms with van der Waals surface area (Å²) in [6, 6.07) is 42.9. The first kappa shape index (κ1) is 26.0. The summed E-state index contributed by atoms with van der Waals surface area (Å²) in [5, 5.41) is 1.49. The molecule has 5 aromatic heterocycles. The van der Waals surface area contributed by atoms with Crippen LogP contribution >= 0.6 is 68.5 Å². The van der Waals surface area contributed by atoms with Gasteiger partial charge in [-0.05, 0) is 108 Å². The quantitative estimate of drug-likeness (QED) is 0.179. The average Bonchev–Trinajstić information content (AvgIpc) is 3.75. The molecule has 0 fully saturated rings. The molecular weight excluding hydrogens is 608 g/mol. The fourth-order valence-corrected chi connectivity index (χ4v) is 9.21. The summed E-state index contributed by atoms with van der Waals surface area (Å²) >= 11 is 20.1. The molecule has 0 aliphatic rings. The largest absolute Gasteiger partial charge is 0.136 e. The van der Waals surface area contributed by atoms with E-state index in [1.54, 1.807) is 45.3 Å². The van der Waals surface area contributed by atoms with Crippen molar-refractivity contribution in [3.05, 3.63) is 131 Å². The summed E-state index contributed by atoms with van der Waals surface area (Å²) in [5.41, 5.74) is 4.70. The number of rotatable bonds is 2. The highest BCUT2D eigenvalue weighted by Gasteiger charge is 2.09. The summed E-state index contributed by atoms with van der Waals surface area (Å²) in [6.07, 6.45) is 0. The summed E-state index contributed by atoms with van der Waals surface area (Å²) in [6.45, 7) is 0. The van der Waals surface area contributed by atoms with Crippen LogP contribution in [-0.2, 0) is 0 Å². The molecular formula is C34H20Cl2S4. The molecule has 0 atom stereocenters. The van der Waals surface area contributed by atoms with Crippen molar-refractivity contribution in [1.29, 1.82) is 0 Å². The molecule has 0 saturated carbocycles. The minimum absolute atomic E-state index is 0.744. The Bertz CT molecular complexity index is 1900. The van der Waals surface area contributed by atoms with Gasteiger partial charge in [-0.3, -0.25) is 0 Å². The number of halogens is 2. The highest BCUT2D eigenvalue weighted by molar-refractivity contribution is 7.27. The zero-order chi connectivity index (χ0) is 27.1. The maximum atomic E-state index is 6.43. The van der Waals surface area contributed by atoms with Crippen LogP contribution in [0.25, 0.3) is 59.9 Å². The van der Waals surface area contributed by atoms with Crippen molar-refractivity contribution in [3.63, 3.8) is 0 Å². The Morgan fingerprint density at radius 3 is 0.950 bits per heavy atom. The normalized spacial score (nSPS) is 11.2. The maximum absolute atomic E-state index is 6.43. The van der Waals surface area contributed by atoms with Crippen LogP contribution in [0.2, 0.25) is 10.0 Å². The van der Waals surface area contributed by atoms with E-state index in [1.165, 1.54) is 48.7 Å². The second kappa shape index (κ2) is 11.1. The van der Waals surface area contributed by atoms with Crippen LogP contribution in [0, 0.1) is 0 Å². The molecule has 0 nitrogen and oxygen atoms in total. The van der Waals surface area contributed by atoms with Gasteiger partial charge < -0.3 is 0 Å². The van der Waals surface area contributed by atoms with Crippen LogP contribution < -0.4 is 0 Å². The zero-order valence-corrected chi connectivity index (χ0v) is 25.7. The van der Waals surface area contributed by atoms with Gasteiger partial charge in [0.25, 0.3) is 0 Å². The molecule has 0 radical (unpaired) electrons. The fraction of sp³-hybridized carbons (Fsp3) is 0. The predicted molar refractivity (Wildman–Crippen MR) is 184 cm³/mol. The highest BCUT2D eigenvalue weighted by Crippen LogP contribution is 2.39.